The molecular formula is C17H19F3N4O. The number of piperidine rings is 1. The third-order valence-corrected chi connectivity index (χ3v) is 4.46. The van der Waals surface area contributed by atoms with E-state index in [0.29, 0.717) is 12.6 Å². The van der Waals surface area contributed by atoms with Crippen molar-refractivity contribution < 1.29 is 13.2 Å². The average Bonchev–Trinajstić information content (AvgIpc) is 2.58. The molecule has 0 spiro atoms. The van der Waals surface area contributed by atoms with Gasteiger partial charge in [0.25, 0.3) is 5.56 Å². The van der Waals surface area contributed by atoms with Crippen molar-refractivity contribution in [3.63, 3.8) is 0 Å². The van der Waals surface area contributed by atoms with Crippen LogP contribution in [0.15, 0.2) is 41.7 Å². The molecule has 8 heteroatoms. The van der Waals surface area contributed by atoms with Gasteiger partial charge in [0.2, 0.25) is 0 Å². The maximum Gasteiger partial charge on any atom is 0.433 e. The molecule has 0 aliphatic carbocycles. The number of hydrogen-bond acceptors (Lipinski definition) is 4. The summed E-state index contributed by atoms with van der Waals surface area (Å²) in [5.41, 5.74) is -0.635. The zero-order valence-corrected chi connectivity index (χ0v) is 13.6. The minimum absolute atomic E-state index is 0.265. The molecule has 25 heavy (non-hydrogen) atoms. The van der Waals surface area contributed by atoms with E-state index in [0.717, 1.165) is 44.4 Å². The topological polar surface area (TPSA) is 51.0 Å². The molecule has 0 bridgehead atoms. The summed E-state index contributed by atoms with van der Waals surface area (Å²) in [6.07, 6.45) is 1.80. The Morgan fingerprint density at radius 3 is 2.60 bits per heavy atom. The minimum Gasteiger partial charge on any atom is -0.299 e. The van der Waals surface area contributed by atoms with Crippen LogP contribution in [-0.4, -0.2) is 32.5 Å². The molecule has 134 valence electrons. The van der Waals surface area contributed by atoms with Gasteiger partial charge in [-0.25, -0.2) is 4.98 Å². The van der Waals surface area contributed by atoms with Gasteiger partial charge < -0.3 is 0 Å². The van der Waals surface area contributed by atoms with Crippen LogP contribution in [0, 0.1) is 5.92 Å². The third kappa shape index (κ3) is 4.66. The van der Waals surface area contributed by atoms with E-state index < -0.39 is 17.4 Å². The predicted molar refractivity (Wildman–Crippen MR) is 85.7 cm³/mol. The maximum atomic E-state index is 12.6. The Morgan fingerprint density at radius 2 is 2.00 bits per heavy atom. The summed E-state index contributed by atoms with van der Waals surface area (Å²) in [5, 5.41) is 0. The first-order valence-corrected chi connectivity index (χ1v) is 8.17. The Labute approximate surface area is 143 Å². The van der Waals surface area contributed by atoms with Gasteiger partial charge in [-0.1, -0.05) is 6.07 Å². The molecule has 0 unspecified atom stereocenters. The zero-order chi connectivity index (χ0) is 17.9. The van der Waals surface area contributed by atoms with Crippen LogP contribution in [0.5, 0.6) is 0 Å². The van der Waals surface area contributed by atoms with Crippen LogP contribution in [0.1, 0.15) is 24.1 Å². The summed E-state index contributed by atoms with van der Waals surface area (Å²) in [4.78, 5) is 21.7. The Kier molecular flexibility index (Phi) is 5.17. The van der Waals surface area contributed by atoms with Gasteiger partial charge in [-0.2, -0.15) is 13.2 Å². The standard InChI is InChI=1S/C17H19F3N4O/c18-17(19,20)15-8-16(25)24(12-22-15)11-13-3-6-23(7-4-13)10-14-2-1-5-21-9-14/h1-2,5,8-9,12-13H,3-4,6-7,10-11H2. The molecule has 0 amide bonds. The average molecular weight is 352 g/mol. The summed E-state index contributed by atoms with van der Waals surface area (Å²) < 4.78 is 39.0. The van der Waals surface area contributed by atoms with Gasteiger partial charge in [0.1, 0.15) is 0 Å². The monoisotopic (exact) mass is 352 g/mol. The molecule has 3 heterocycles. The summed E-state index contributed by atoms with van der Waals surface area (Å²) in [5.74, 6) is 0.265. The highest BCUT2D eigenvalue weighted by Gasteiger charge is 2.33. The number of pyridine rings is 1. The fraction of sp³-hybridized carbons (Fsp3) is 0.471. The SMILES string of the molecule is O=c1cc(C(F)(F)F)ncn1CC1CCN(Cc2cccnc2)CC1. The Bertz CT molecular complexity index is 752. The third-order valence-electron chi connectivity index (χ3n) is 4.46. The van der Waals surface area contributed by atoms with Crippen molar-refractivity contribution in [2.45, 2.75) is 32.1 Å². The van der Waals surface area contributed by atoms with Gasteiger partial charge >= 0.3 is 6.18 Å². The van der Waals surface area contributed by atoms with Gasteiger partial charge in [0, 0.05) is 31.5 Å². The van der Waals surface area contributed by atoms with Crippen LogP contribution < -0.4 is 5.56 Å². The Balaban J connectivity index is 1.55. The minimum atomic E-state index is -4.59. The van der Waals surface area contributed by atoms with Crippen molar-refractivity contribution in [3.05, 3.63) is 58.5 Å². The molecule has 3 rings (SSSR count). The van der Waals surface area contributed by atoms with Crippen molar-refractivity contribution >= 4 is 0 Å². The number of aromatic nitrogens is 3. The van der Waals surface area contributed by atoms with E-state index >= 15 is 0 Å². The summed E-state index contributed by atoms with van der Waals surface area (Å²) in [6.45, 7) is 3.03. The van der Waals surface area contributed by atoms with Crippen molar-refractivity contribution in [2.24, 2.45) is 5.92 Å². The van der Waals surface area contributed by atoms with E-state index in [1.54, 1.807) is 6.20 Å². The van der Waals surface area contributed by atoms with Crippen LogP contribution in [-0.2, 0) is 19.3 Å². The number of hydrogen-bond donors (Lipinski definition) is 0. The smallest absolute Gasteiger partial charge is 0.299 e. The lowest BCUT2D eigenvalue weighted by Gasteiger charge is -2.32. The highest BCUT2D eigenvalue weighted by Crippen LogP contribution is 2.26. The lowest BCUT2D eigenvalue weighted by Crippen LogP contribution is -2.36. The molecule has 1 aliphatic rings. The lowest BCUT2D eigenvalue weighted by molar-refractivity contribution is -0.141. The van der Waals surface area contributed by atoms with E-state index in [1.807, 2.05) is 18.3 Å². The first-order valence-electron chi connectivity index (χ1n) is 8.17. The Hall–Kier alpha value is -2.22. The molecule has 0 N–H and O–H groups in total. The van der Waals surface area contributed by atoms with Gasteiger partial charge in [0.15, 0.2) is 5.69 Å². The number of likely N-dealkylation sites (tertiary alicyclic amines) is 1. The van der Waals surface area contributed by atoms with Crippen LogP contribution in [0.4, 0.5) is 13.2 Å². The Morgan fingerprint density at radius 1 is 1.24 bits per heavy atom. The van der Waals surface area contributed by atoms with Gasteiger partial charge in [-0.05, 0) is 43.5 Å². The van der Waals surface area contributed by atoms with Crippen molar-refractivity contribution in [3.8, 4) is 0 Å². The largest absolute Gasteiger partial charge is 0.433 e. The van der Waals surface area contributed by atoms with Gasteiger partial charge in [-0.3, -0.25) is 19.2 Å². The van der Waals surface area contributed by atoms with E-state index in [1.165, 1.54) is 4.57 Å². The number of nitrogens with zero attached hydrogens (tertiary/aromatic N) is 4. The molecule has 0 atom stereocenters. The number of halogens is 3. The molecule has 2 aromatic rings. The fourth-order valence-corrected chi connectivity index (χ4v) is 3.07. The number of alkyl halides is 3. The van der Waals surface area contributed by atoms with E-state index in [2.05, 4.69) is 14.9 Å². The number of rotatable bonds is 4. The van der Waals surface area contributed by atoms with Crippen molar-refractivity contribution in [2.75, 3.05) is 13.1 Å². The van der Waals surface area contributed by atoms with E-state index in [4.69, 9.17) is 0 Å². The lowest BCUT2D eigenvalue weighted by atomic mass is 9.96. The molecule has 2 aromatic heterocycles. The highest BCUT2D eigenvalue weighted by molar-refractivity contribution is 5.08. The second-order valence-corrected chi connectivity index (χ2v) is 6.34. The summed E-state index contributed by atoms with van der Waals surface area (Å²) in [7, 11) is 0. The van der Waals surface area contributed by atoms with E-state index in [9.17, 15) is 18.0 Å². The van der Waals surface area contributed by atoms with Gasteiger partial charge in [-0.15, -0.1) is 0 Å². The molecule has 0 aromatic carbocycles. The quantitative estimate of drug-likeness (QED) is 0.849. The molecule has 1 saturated heterocycles. The second kappa shape index (κ2) is 7.35. The predicted octanol–water partition coefficient (Wildman–Crippen LogP) is 2.57. The van der Waals surface area contributed by atoms with E-state index in [-0.39, 0.29) is 5.92 Å². The van der Waals surface area contributed by atoms with Crippen LogP contribution >= 0.6 is 0 Å². The molecule has 1 aliphatic heterocycles. The highest BCUT2D eigenvalue weighted by atomic mass is 19.4. The first kappa shape index (κ1) is 17.6. The van der Waals surface area contributed by atoms with Crippen molar-refractivity contribution in [1.29, 1.82) is 0 Å². The van der Waals surface area contributed by atoms with Crippen LogP contribution in [0.3, 0.4) is 0 Å². The summed E-state index contributed by atoms with van der Waals surface area (Å²) >= 11 is 0. The molecular weight excluding hydrogens is 333 g/mol. The van der Waals surface area contributed by atoms with Crippen LogP contribution in [0.2, 0.25) is 0 Å². The maximum absolute atomic E-state index is 12.6. The summed E-state index contributed by atoms with van der Waals surface area (Å²) in [6, 6.07) is 4.51. The van der Waals surface area contributed by atoms with Crippen molar-refractivity contribution in [1.82, 2.24) is 19.4 Å². The van der Waals surface area contributed by atoms with Gasteiger partial charge in [0.05, 0.1) is 6.33 Å². The zero-order valence-electron chi connectivity index (χ0n) is 13.6. The molecule has 5 nitrogen and oxygen atoms in total. The molecule has 0 radical (unpaired) electrons. The molecule has 0 saturated carbocycles. The fourth-order valence-electron chi connectivity index (χ4n) is 3.07. The second-order valence-electron chi connectivity index (χ2n) is 6.34. The first-order chi connectivity index (χ1) is 11.9. The van der Waals surface area contributed by atoms with Crippen LogP contribution in [0.25, 0.3) is 0 Å². The molecule has 1 fully saturated rings. The normalized spacial score (nSPS) is 16.9.